The van der Waals surface area contributed by atoms with Gasteiger partial charge in [0.25, 0.3) is 5.56 Å². The maximum atomic E-state index is 13.6. The molecule has 2 aromatic carbocycles. The number of methoxy groups -OCH3 is 1. The van der Waals surface area contributed by atoms with E-state index in [0.717, 1.165) is 11.3 Å². The van der Waals surface area contributed by atoms with Crippen molar-refractivity contribution in [3.8, 4) is 11.5 Å². The Bertz CT molecular complexity index is 1480. The van der Waals surface area contributed by atoms with Gasteiger partial charge in [-0.25, -0.2) is 9.79 Å². The molecule has 1 aromatic heterocycles. The Morgan fingerprint density at radius 2 is 1.86 bits per heavy atom. The summed E-state index contributed by atoms with van der Waals surface area (Å²) in [6.45, 7) is 0.517. The molecule has 0 aliphatic carbocycles. The first kappa shape index (κ1) is 24.3. The lowest BCUT2D eigenvalue weighted by Crippen LogP contribution is -2.40. The second kappa shape index (κ2) is 10.2. The molecule has 3 aromatic rings. The highest BCUT2D eigenvalue weighted by atomic mass is 32.1. The average molecular weight is 501 g/mol. The lowest BCUT2D eigenvalue weighted by molar-refractivity contribution is -0.139. The van der Waals surface area contributed by atoms with Gasteiger partial charge in [0.15, 0.2) is 4.80 Å². The van der Waals surface area contributed by atoms with Crippen LogP contribution >= 0.6 is 11.3 Å². The minimum atomic E-state index is -3.01. The Labute approximate surface area is 203 Å². The van der Waals surface area contributed by atoms with Crippen molar-refractivity contribution in [3.63, 3.8) is 0 Å². The second-order valence-corrected chi connectivity index (χ2v) is 8.47. The number of rotatable bonds is 7. The van der Waals surface area contributed by atoms with Crippen molar-refractivity contribution in [2.24, 2.45) is 4.99 Å². The van der Waals surface area contributed by atoms with Crippen LogP contribution in [-0.2, 0) is 9.53 Å². The summed E-state index contributed by atoms with van der Waals surface area (Å²) in [4.78, 5) is 31.5. The number of ether oxygens (including phenoxy) is 3. The van der Waals surface area contributed by atoms with E-state index in [1.807, 2.05) is 0 Å². The molecule has 0 spiro atoms. The van der Waals surface area contributed by atoms with Gasteiger partial charge in [-0.15, -0.1) is 0 Å². The van der Waals surface area contributed by atoms with E-state index in [4.69, 9.17) is 9.47 Å². The minimum Gasteiger partial charge on any atom is -0.496 e. The molecule has 7 nitrogen and oxygen atoms in total. The van der Waals surface area contributed by atoms with Gasteiger partial charge in [0.05, 0.1) is 29.5 Å². The number of benzene rings is 2. The largest absolute Gasteiger partial charge is 0.496 e. The zero-order chi connectivity index (χ0) is 25.1. The quantitative estimate of drug-likeness (QED) is 0.465. The van der Waals surface area contributed by atoms with Crippen molar-refractivity contribution < 1.29 is 27.8 Å². The Morgan fingerprint density at radius 1 is 1.17 bits per heavy atom. The van der Waals surface area contributed by atoms with Gasteiger partial charge in [-0.05, 0) is 32.1 Å². The predicted molar refractivity (Wildman–Crippen MR) is 126 cm³/mol. The summed E-state index contributed by atoms with van der Waals surface area (Å²) in [5.74, 6) is -0.160. The van der Waals surface area contributed by atoms with Crippen LogP contribution in [0.2, 0.25) is 0 Å². The molecule has 0 radical (unpaired) electrons. The molecule has 0 unspecified atom stereocenters. The molecule has 0 fully saturated rings. The van der Waals surface area contributed by atoms with E-state index in [1.165, 1.54) is 23.8 Å². The van der Waals surface area contributed by atoms with Crippen LogP contribution in [0.4, 0.5) is 8.78 Å². The monoisotopic (exact) mass is 500 g/mol. The number of allylic oxidation sites excluding steroid dienone is 1. The molecule has 1 aliphatic heterocycles. The van der Waals surface area contributed by atoms with Crippen LogP contribution in [0.3, 0.4) is 0 Å². The summed E-state index contributed by atoms with van der Waals surface area (Å²) >= 11 is 1.09. The van der Waals surface area contributed by atoms with Gasteiger partial charge in [0.1, 0.15) is 17.5 Å². The highest BCUT2D eigenvalue weighted by Crippen LogP contribution is 2.35. The third-order valence-corrected chi connectivity index (χ3v) is 6.36. The smallest absolute Gasteiger partial charge is 0.387 e. The molecule has 1 aliphatic rings. The van der Waals surface area contributed by atoms with Crippen molar-refractivity contribution in [1.82, 2.24) is 4.57 Å². The van der Waals surface area contributed by atoms with Crippen LogP contribution in [0.15, 0.2) is 69.6 Å². The molecule has 1 atom stereocenters. The van der Waals surface area contributed by atoms with E-state index in [2.05, 4.69) is 9.73 Å². The van der Waals surface area contributed by atoms with Crippen LogP contribution in [0.25, 0.3) is 6.08 Å². The lowest BCUT2D eigenvalue weighted by Gasteiger charge is -2.25. The van der Waals surface area contributed by atoms with E-state index < -0.39 is 24.2 Å². The molecular weight excluding hydrogens is 478 g/mol. The molecule has 0 N–H and O–H groups in total. The number of carbonyl (C=O) groups excluding carboxylic acids is 1. The van der Waals surface area contributed by atoms with Gasteiger partial charge in [0, 0.05) is 11.1 Å². The first-order valence-corrected chi connectivity index (χ1v) is 11.5. The van der Waals surface area contributed by atoms with Crippen LogP contribution < -0.4 is 24.4 Å². The van der Waals surface area contributed by atoms with Gasteiger partial charge < -0.3 is 14.2 Å². The Hall–Kier alpha value is -3.79. The predicted octanol–water partition coefficient (Wildman–Crippen LogP) is 3.41. The Morgan fingerprint density at radius 3 is 2.54 bits per heavy atom. The molecule has 10 heteroatoms. The zero-order valence-electron chi connectivity index (χ0n) is 19.2. The number of para-hydroxylation sites is 2. The summed E-state index contributed by atoms with van der Waals surface area (Å²) in [6, 6.07) is 12.4. The fourth-order valence-corrected chi connectivity index (χ4v) is 4.96. The SMILES string of the molecule is CCOC(=O)C1=C(C)N=c2s/c(=C/c3ccccc3OC(F)F)c(=O)n2[C@@H]1c1ccccc1OC. The van der Waals surface area contributed by atoms with E-state index in [0.29, 0.717) is 27.4 Å². The number of alkyl halides is 2. The van der Waals surface area contributed by atoms with Gasteiger partial charge in [0.2, 0.25) is 0 Å². The van der Waals surface area contributed by atoms with Crippen molar-refractivity contribution in [2.75, 3.05) is 13.7 Å². The molecule has 0 amide bonds. The first-order chi connectivity index (χ1) is 16.8. The van der Waals surface area contributed by atoms with Crippen molar-refractivity contribution in [2.45, 2.75) is 26.5 Å². The number of esters is 1. The highest BCUT2D eigenvalue weighted by molar-refractivity contribution is 7.07. The topological polar surface area (TPSA) is 79.1 Å². The average Bonchev–Trinajstić information content (AvgIpc) is 3.13. The van der Waals surface area contributed by atoms with Crippen LogP contribution in [0.5, 0.6) is 11.5 Å². The molecule has 0 bridgehead atoms. The summed E-state index contributed by atoms with van der Waals surface area (Å²) < 4.78 is 42.8. The van der Waals surface area contributed by atoms with E-state index in [9.17, 15) is 18.4 Å². The summed E-state index contributed by atoms with van der Waals surface area (Å²) in [7, 11) is 1.50. The number of fused-ring (bicyclic) bond motifs is 1. The molecule has 182 valence electrons. The maximum Gasteiger partial charge on any atom is 0.387 e. The Balaban J connectivity index is 1.97. The van der Waals surface area contributed by atoms with E-state index in [-0.39, 0.29) is 22.5 Å². The standard InChI is InChI=1S/C25H22F2N2O5S/c1-4-33-23(31)20-14(2)28-25-29(21(20)16-10-6-8-12-18(16)32-3)22(30)19(35-25)13-15-9-5-7-11-17(15)34-24(26)27/h5-13,21,24H,4H2,1-3H3/b19-13+/t21-/m1/s1. The highest BCUT2D eigenvalue weighted by Gasteiger charge is 2.34. The first-order valence-electron chi connectivity index (χ1n) is 10.7. The third kappa shape index (κ3) is 4.74. The van der Waals surface area contributed by atoms with Gasteiger partial charge in [-0.1, -0.05) is 47.7 Å². The third-order valence-electron chi connectivity index (χ3n) is 5.37. The van der Waals surface area contributed by atoms with E-state index in [1.54, 1.807) is 56.3 Å². The van der Waals surface area contributed by atoms with Gasteiger partial charge >= 0.3 is 12.6 Å². The molecule has 0 saturated carbocycles. The molecule has 2 heterocycles. The number of hydrogen-bond acceptors (Lipinski definition) is 7. The molecular formula is C25H22F2N2O5S. The van der Waals surface area contributed by atoms with Gasteiger partial charge in [-0.3, -0.25) is 9.36 Å². The van der Waals surface area contributed by atoms with Crippen molar-refractivity contribution >= 4 is 23.4 Å². The maximum absolute atomic E-state index is 13.6. The van der Waals surface area contributed by atoms with E-state index >= 15 is 0 Å². The summed E-state index contributed by atoms with van der Waals surface area (Å²) in [5, 5.41) is 0. The second-order valence-electron chi connectivity index (χ2n) is 7.46. The Kier molecular flexibility index (Phi) is 7.11. The lowest BCUT2D eigenvalue weighted by atomic mass is 9.95. The fraction of sp³-hybridized carbons (Fsp3) is 0.240. The molecule has 0 saturated heterocycles. The van der Waals surface area contributed by atoms with Crippen LogP contribution in [0.1, 0.15) is 31.0 Å². The van der Waals surface area contributed by atoms with Gasteiger partial charge in [-0.2, -0.15) is 8.78 Å². The van der Waals surface area contributed by atoms with Crippen LogP contribution in [0, 0.1) is 0 Å². The van der Waals surface area contributed by atoms with Crippen LogP contribution in [-0.4, -0.2) is 30.9 Å². The fourth-order valence-electron chi connectivity index (χ4n) is 3.92. The zero-order valence-corrected chi connectivity index (χ0v) is 20.0. The summed E-state index contributed by atoms with van der Waals surface area (Å²) in [5.41, 5.74) is 1.09. The normalized spacial score (nSPS) is 15.6. The number of carbonyl (C=O) groups is 1. The minimum absolute atomic E-state index is 0.0574. The molecule has 35 heavy (non-hydrogen) atoms. The molecule has 4 rings (SSSR count). The number of aromatic nitrogens is 1. The van der Waals surface area contributed by atoms with Crippen molar-refractivity contribution in [1.29, 1.82) is 0 Å². The van der Waals surface area contributed by atoms with Crippen molar-refractivity contribution in [3.05, 3.63) is 90.6 Å². The summed E-state index contributed by atoms with van der Waals surface area (Å²) in [6.07, 6.45) is 1.48. The number of hydrogen-bond donors (Lipinski definition) is 0. The number of halogens is 2. The number of nitrogens with zero attached hydrogens (tertiary/aromatic N) is 2. The number of thiazole rings is 1.